The maximum Gasteiger partial charge on any atom is 0.573 e. The summed E-state index contributed by atoms with van der Waals surface area (Å²) < 4.78 is 48.9. The summed E-state index contributed by atoms with van der Waals surface area (Å²) in [7, 11) is 3.96. The molecule has 0 atom stereocenters. The van der Waals surface area contributed by atoms with E-state index in [1.165, 1.54) is 18.0 Å². The summed E-state index contributed by atoms with van der Waals surface area (Å²) in [6.45, 7) is 9.62. The van der Waals surface area contributed by atoms with E-state index in [1.54, 1.807) is 24.7 Å². The summed E-state index contributed by atoms with van der Waals surface area (Å²) in [6.07, 6.45) is 2.58. The molecule has 0 spiro atoms. The summed E-state index contributed by atoms with van der Waals surface area (Å²) in [5.74, 6) is 0.291. The van der Waals surface area contributed by atoms with Crippen LogP contribution in [0.25, 0.3) is 11.0 Å². The van der Waals surface area contributed by atoms with E-state index in [9.17, 15) is 13.2 Å². The summed E-state index contributed by atoms with van der Waals surface area (Å²) >= 11 is 1.39. The lowest BCUT2D eigenvalue weighted by atomic mass is 9.99. The normalized spacial score (nSPS) is 16.8. The second-order valence-electron chi connectivity index (χ2n) is 12.1. The highest BCUT2D eigenvalue weighted by atomic mass is 32.2. The van der Waals surface area contributed by atoms with Gasteiger partial charge in [-0.25, -0.2) is 4.98 Å². The van der Waals surface area contributed by atoms with Gasteiger partial charge in [0.15, 0.2) is 5.75 Å². The molecule has 0 saturated carbocycles. The average molecular weight is 683 g/mol. The number of fused-ring (bicyclic) bond motifs is 1. The van der Waals surface area contributed by atoms with Crippen molar-refractivity contribution < 1.29 is 17.9 Å². The quantitative estimate of drug-likeness (QED) is 0.168. The van der Waals surface area contributed by atoms with Crippen LogP contribution in [-0.2, 0) is 6.42 Å². The Morgan fingerprint density at radius 2 is 1.71 bits per heavy atom. The molecule has 3 N–H and O–H groups in total. The van der Waals surface area contributed by atoms with Gasteiger partial charge in [-0.05, 0) is 76.0 Å². The molecule has 2 fully saturated rings. The SMILES string of the molecule is CCc1cc(Nc2ncc(C)c(Nc3ccc4nccnc4c3SNC)n2)c(OC(F)(F)F)cc1N1CCC(N2CCN(C)CC2)CC1. The van der Waals surface area contributed by atoms with Gasteiger partial charge < -0.3 is 25.2 Å². The average Bonchev–Trinajstić information content (AvgIpc) is 3.07. The molecule has 2 aliphatic rings. The second kappa shape index (κ2) is 14.7. The molecule has 2 aromatic heterocycles. The van der Waals surface area contributed by atoms with Crippen LogP contribution in [0.2, 0.25) is 0 Å². The first-order valence-electron chi connectivity index (χ1n) is 16.2. The van der Waals surface area contributed by atoms with Crippen LogP contribution < -0.4 is 25.0 Å². The van der Waals surface area contributed by atoms with Gasteiger partial charge in [0.25, 0.3) is 0 Å². The number of likely N-dealkylation sites (N-methyl/N-ethyl adjacent to an activating group) is 1. The van der Waals surface area contributed by atoms with E-state index in [0.717, 1.165) is 90.5 Å². The van der Waals surface area contributed by atoms with Gasteiger partial charge in [0, 0.05) is 81.2 Å². The summed E-state index contributed by atoms with van der Waals surface area (Å²) in [4.78, 5) is 25.9. The monoisotopic (exact) mass is 682 g/mol. The number of benzene rings is 2. The zero-order chi connectivity index (χ0) is 33.8. The lowest BCUT2D eigenvalue weighted by Crippen LogP contribution is -2.52. The third kappa shape index (κ3) is 7.86. The number of ether oxygens (including phenoxy) is 1. The zero-order valence-corrected chi connectivity index (χ0v) is 28.4. The van der Waals surface area contributed by atoms with E-state index >= 15 is 0 Å². The van der Waals surface area contributed by atoms with Crippen LogP contribution in [0.3, 0.4) is 0 Å². The van der Waals surface area contributed by atoms with Crippen molar-refractivity contribution in [2.45, 2.75) is 50.4 Å². The summed E-state index contributed by atoms with van der Waals surface area (Å²) in [6, 6.07) is 7.48. The Labute approximate surface area is 282 Å². The van der Waals surface area contributed by atoms with E-state index in [-0.39, 0.29) is 17.4 Å². The molecule has 0 radical (unpaired) electrons. The van der Waals surface area contributed by atoms with Crippen molar-refractivity contribution in [3.05, 3.63) is 54.0 Å². The Balaban J connectivity index is 1.26. The number of nitrogens with zero attached hydrogens (tertiary/aromatic N) is 7. The molecule has 0 amide bonds. The largest absolute Gasteiger partial charge is 0.573 e. The number of nitrogens with one attached hydrogen (secondary N) is 3. The number of aromatic nitrogens is 4. The van der Waals surface area contributed by atoms with Gasteiger partial charge in [0.1, 0.15) is 11.3 Å². The van der Waals surface area contributed by atoms with E-state index < -0.39 is 6.36 Å². The maximum atomic E-state index is 13.7. The highest BCUT2D eigenvalue weighted by Crippen LogP contribution is 2.40. The Morgan fingerprint density at radius 3 is 2.42 bits per heavy atom. The molecule has 4 aromatic rings. The van der Waals surface area contributed by atoms with Gasteiger partial charge in [-0.2, -0.15) is 4.98 Å². The first-order valence-corrected chi connectivity index (χ1v) is 17.0. The smallest absolute Gasteiger partial charge is 0.403 e. The second-order valence-corrected chi connectivity index (χ2v) is 13.1. The lowest BCUT2D eigenvalue weighted by Gasteiger charge is -2.43. The van der Waals surface area contributed by atoms with Crippen molar-refractivity contribution in [2.75, 3.05) is 68.9 Å². The molecule has 2 aliphatic heterocycles. The van der Waals surface area contributed by atoms with Crippen molar-refractivity contribution in [3.8, 4) is 5.75 Å². The number of hydrogen-bond donors (Lipinski definition) is 3. The van der Waals surface area contributed by atoms with Crippen LogP contribution in [0.5, 0.6) is 5.75 Å². The van der Waals surface area contributed by atoms with E-state index in [1.807, 2.05) is 33.0 Å². The van der Waals surface area contributed by atoms with Crippen molar-refractivity contribution in [2.24, 2.45) is 0 Å². The minimum Gasteiger partial charge on any atom is -0.403 e. The van der Waals surface area contributed by atoms with Gasteiger partial charge >= 0.3 is 6.36 Å². The van der Waals surface area contributed by atoms with Crippen LogP contribution >= 0.6 is 11.9 Å². The van der Waals surface area contributed by atoms with E-state index in [0.29, 0.717) is 18.3 Å². The van der Waals surface area contributed by atoms with Gasteiger partial charge in [0.05, 0.1) is 21.8 Å². The third-order valence-corrected chi connectivity index (χ3v) is 9.74. The molecule has 48 heavy (non-hydrogen) atoms. The van der Waals surface area contributed by atoms with Crippen LogP contribution in [-0.4, -0.2) is 95.5 Å². The molecular weight excluding hydrogens is 641 g/mol. The van der Waals surface area contributed by atoms with Crippen LogP contribution in [0.15, 0.2) is 47.8 Å². The fourth-order valence-electron chi connectivity index (χ4n) is 6.35. The minimum absolute atomic E-state index is 0.126. The first-order chi connectivity index (χ1) is 23.1. The van der Waals surface area contributed by atoms with Crippen molar-refractivity contribution in [3.63, 3.8) is 0 Å². The molecule has 4 heterocycles. The number of halogens is 3. The molecule has 0 bridgehead atoms. The van der Waals surface area contributed by atoms with Crippen molar-refractivity contribution in [1.82, 2.24) is 34.5 Å². The van der Waals surface area contributed by atoms with Crippen molar-refractivity contribution >= 4 is 51.8 Å². The van der Waals surface area contributed by atoms with Gasteiger partial charge in [-0.15, -0.1) is 13.2 Å². The molecule has 256 valence electrons. The Hall–Kier alpha value is -3.92. The number of piperidine rings is 1. The highest BCUT2D eigenvalue weighted by Gasteiger charge is 2.34. The molecular formula is C33H41F3N10OS. The van der Waals surface area contributed by atoms with Gasteiger partial charge in [0.2, 0.25) is 5.95 Å². The molecule has 2 aromatic carbocycles. The maximum absolute atomic E-state index is 13.7. The Kier molecular flexibility index (Phi) is 10.4. The van der Waals surface area contributed by atoms with E-state index in [4.69, 9.17) is 0 Å². The molecule has 15 heteroatoms. The summed E-state index contributed by atoms with van der Waals surface area (Å²) in [5, 5.41) is 6.38. The van der Waals surface area contributed by atoms with Gasteiger partial charge in [-0.1, -0.05) is 6.92 Å². The van der Waals surface area contributed by atoms with Crippen molar-refractivity contribution in [1.29, 1.82) is 0 Å². The third-order valence-electron chi connectivity index (χ3n) is 8.92. The topological polar surface area (TPSA) is 107 Å². The molecule has 0 aliphatic carbocycles. The number of anilines is 5. The lowest BCUT2D eigenvalue weighted by molar-refractivity contribution is -0.274. The van der Waals surface area contributed by atoms with Crippen LogP contribution in [0, 0.1) is 6.92 Å². The van der Waals surface area contributed by atoms with E-state index in [2.05, 4.69) is 61.8 Å². The minimum atomic E-state index is -4.88. The number of rotatable bonds is 10. The standard InChI is InChI=1S/C33H41F3N10OS/c1-5-22-18-26(28(47-33(34,35)36)19-27(22)46-12-8-23(9-13-46)45-16-14-44(4)15-17-45)42-32-40-20-21(2)31(43-32)41-25-7-6-24-29(30(25)48-37-3)39-11-10-38-24/h6-7,10-11,18-20,23,37H,5,8-9,12-17H2,1-4H3,(H2,40,41,42,43). The molecule has 2 saturated heterocycles. The van der Waals surface area contributed by atoms with Gasteiger partial charge in [-0.3, -0.25) is 19.6 Å². The number of aryl methyl sites for hydroxylation is 2. The van der Waals surface area contributed by atoms with Crippen LogP contribution in [0.1, 0.15) is 30.9 Å². The Morgan fingerprint density at radius 1 is 0.958 bits per heavy atom. The molecule has 6 rings (SSSR count). The fraction of sp³-hybridized carbons (Fsp3) is 0.455. The van der Waals surface area contributed by atoms with Crippen LogP contribution in [0.4, 0.5) is 42.0 Å². The number of piperazine rings is 1. The zero-order valence-electron chi connectivity index (χ0n) is 27.6. The number of hydrogen-bond acceptors (Lipinski definition) is 12. The first kappa shape index (κ1) is 34.0. The Bertz CT molecular complexity index is 1730. The summed E-state index contributed by atoms with van der Waals surface area (Å²) in [5.41, 5.74) is 4.77. The fourth-order valence-corrected chi connectivity index (χ4v) is 7.04. The molecule has 11 nitrogen and oxygen atoms in total. The molecule has 0 unspecified atom stereocenters. The predicted octanol–water partition coefficient (Wildman–Crippen LogP) is 6.12. The predicted molar refractivity (Wildman–Crippen MR) is 185 cm³/mol. The number of alkyl halides is 3. The highest BCUT2D eigenvalue weighted by molar-refractivity contribution is 7.97.